The molecule has 4 heteroatoms. The molecule has 0 aliphatic heterocycles. The van der Waals surface area contributed by atoms with E-state index in [9.17, 15) is 8.78 Å². The van der Waals surface area contributed by atoms with E-state index in [4.69, 9.17) is 4.74 Å². The van der Waals surface area contributed by atoms with Gasteiger partial charge in [0.15, 0.2) is 6.17 Å². The molecule has 0 aromatic heterocycles. The fourth-order valence-corrected chi connectivity index (χ4v) is 4.58. The second kappa shape index (κ2) is 19.3. The molecule has 0 saturated heterocycles. The first-order chi connectivity index (χ1) is 13.7. The summed E-state index contributed by atoms with van der Waals surface area (Å²) in [6, 6.07) is 0. The van der Waals surface area contributed by atoms with Crippen molar-refractivity contribution in [3.05, 3.63) is 0 Å². The molecule has 0 heterocycles. The predicted octanol–water partition coefficient (Wildman–Crippen LogP) is 8.61. The van der Waals surface area contributed by atoms with Crippen LogP contribution < -0.4 is 0 Å². The smallest absolute Gasteiger partial charge is 0.158 e. The molecule has 0 radical (unpaired) electrons. The Morgan fingerprint density at radius 1 is 0.871 bits per heavy atom. The monoisotopic (exact) mass is 452 g/mol. The van der Waals surface area contributed by atoms with E-state index in [-0.39, 0.29) is 30.8 Å². The summed E-state index contributed by atoms with van der Waals surface area (Å²) in [4.78, 5) is 0. The molecule has 0 bridgehead atoms. The molecule has 1 aliphatic rings. The van der Waals surface area contributed by atoms with Crippen molar-refractivity contribution >= 4 is 0 Å². The Morgan fingerprint density at radius 2 is 1.42 bits per heavy atom. The van der Waals surface area contributed by atoms with Crippen LogP contribution in [-0.2, 0) is 4.74 Å². The molecule has 31 heavy (non-hydrogen) atoms. The van der Waals surface area contributed by atoms with Gasteiger partial charge < -0.3 is 10.2 Å². The van der Waals surface area contributed by atoms with Gasteiger partial charge in [-0.25, -0.2) is 8.78 Å². The quantitative estimate of drug-likeness (QED) is 0.292. The number of hydrogen-bond acceptors (Lipinski definition) is 1. The Hall–Kier alpha value is -0.220. The lowest BCUT2D eigenvalue weighted by Crippen LogP contribution is -2.48. The molecule has 1 saturated carbocycles. The zero-order valence-corrected chi connectivity index (χ0v) is 21.5. The molecule has 2 N–H and O–H groups in total. The van der Waals surface area contributed by atoms with E-state index in [2.05, 4.69) is 27.7 Å². The normalized spacial score (nSPS) is 28.5. The average Bonchev–Trinajstić information content (AvgIpc) is 2.70. The van der Waals surface area contributed by atoms with Gasteiger partial charge in [0.2, 0.25) is 0 Å². The van der Waals surface area contributed by atoms with E-state index >= 15 is 0 Å². The van der Waals surface area contributed by atoms with Crippen LogP contribution in [-0.4, -0.2) is 30.0 Å². The van der Waals surface area contributed by atoms with Gasteiger partial charge in [0, 0.05) is 0 Å². The largest absolute Gasteiger partial charge is 0.412 e. The lowest BCUT2D eigenvalue weighted by atomic mass is 9.75. The highest BCUT2D eigenvalue weighted by atomic mass is 19.2. The zero-order chi connectivity index (χ0) is 22.6. The van der Waals surface area contributed by atoms with Crippen molar-refractivity contribution in [1.29, 1.82) is 0 Å². The third-order valence-corrected chi connectivity index (χ3v) is 6.86. The molecule has 0 aromatic rings. The van der Waals surface area contributed by atoms with Gasteiger partial charge in [0.25, 0.3) is 0 Å². The summed E-state index contributed by atoms with van der Waals surface area (Å²) in [5.41, 5.74) is 0. The molecular weight excluding hydrogens is 394 g/mol. The van der Waals surface area contributed by atoms with Crippen LogP contribution in [0.4, 0.5) is 8.78 Å². The molecule has 192 valence electrons. The molecule has 8 unspecified atom stereocenters. The van der Waals surface area contributed by atoms with Gasteiger partial charge >= 0.3 is 0 Å². The zero-order valence-electron chi connectivity index (χ0n) is 21.5. The van der Waals surface area contributed by atoms with Crippen molar-refractivity contribution in [1.82, 2.24) is 0 Å². The molecule has 0 amide bonds. The molecule has 2 nitrogen and oxygen atoms in total. The summed E-state index contributed by atoms with van der Waals surface area (Å²) in [6.45, 7) is 19.1. The first kappa shape index (κ1) is 35.4. The maximum Gasteiger partial charge on any atom is 0.158 e. The predicted molar refractivity (Wildman–Crippen MR) is 134 cm³/mol. The summed E-state index contributed by atoms with van der Waals surface area (Å²) in [7, 11) is 0. The SMILES string of the molecule is C.CC.CCCCC(C)C(C)CCC(C)CCC1CC(C)C(OC(C)C)C(F)C1F.O. The highest BCUT2D eigenvalue weighted by molar-refractivity contribution is 4.93. The van der Waals surface area contributed by atoms with Gasteiger partial charge in [-0.3, -0.25) is 0 Å². The Kier molecular flexibility index (Phi) is 22.0. The Morgan fingerprint density at radius 3 is 1.94 bits per heavy atom. The summed E-state index contributed by atoms with van der Waals surface area (Å²) in [5.74, 6) is 2.08. The first-order valence-corrected chi connectivity index (χ1v) is 12.6. The van der Waals surface area contributed by atoms with Crippen molar-refractivity contribution in [3.63, 3.8) is 0 Å². The van der Waals surface area contributed by atoms with Crippen LogP contribution in [0.15, 0.2) is 0 Å². The van der Waals surface area contributed by atoms with Crippen LogP contribution in [0.3, 0.4) is 0 Å². The van der Waals surface area contributed by atoms with E-state index in [1.165, 1.54) is 32.1 Å². The number of hydrogen-bond donors (Lipinski definition) is 0. The standard InChI is InChI=1S/C24H46F2O.C2H6.CH4.H2O/c1-8-9-10-18(5)19(6)13-11-17(4)12-14-21-15-20(7)24(27-16(2)3)23(26)22(21)25;1-2;;/h16-24H,8-15H2,1-7H3;1-2H3;1H4;1H2. The Balaban J connectivity index is -0.00000190. The number of unbranched alkanes of at least 4 members (excludes halogenated alkanes) is 1. The number of rotatable bonds is 12. The van der Waals surface area contributed by atoms with Gasteiger partial charge in [-0.2, -0.15) is 0 Å². The van der Waals surface area contributed by atoms with E-state index in [1.54, 1.807) is 0 Å². The summed E-state index contributed by atoms with van der Waals surface area (Å²) < 4.78 is 34.9. The van der Waals surface area contributed by atoms with Crippen LogP contribution in [0.5, 0.6) is 0 Å². The molecule has 1 aliphatic carbocycles. The van der Waals surface area contributed by atoms with Crippen LogP contribution in [0, 0.1) is 29.6 Å². The summed E-state index contributed by atoms with van der Waals surface area (Å²) >= 11 is 0. The Labute approximate surface area is 194 Å². The van der Waals surface area contributed by atoms with Crippen LogP contribution in [0.1, 0.15) is 121 Å². The molecular formula is C27H58F2O2. The third kappa shape index (κ3) is 13.2. The molecule has 1 rings (SSSR count). The van der Waals surface area contributed by atoms with Gasteiger partial charge in [-0.05, 0) is 56.3 Å². The van der Waals surface area contributed by atoms with Crippen molar-refractivity contribution in [2.45, 2.75) is 146 Å². The van der Waals surface area contributed by atoms with E-state index < -0.39 is 18.4 Å². The average molecular weight is 453 g/mol. The van der Waals surface area contributed by atoms with E-state index in [0.717, 1.165) is 31.1 Å². The topological polar surface area (TPSA) is 40.7 Å². The van der Waals surface area contributed by atoms with Gasteiger partial charge in [-0.1, -0.05) is 94.4 Å². The summed E-state index contributed by atoms with van der Waals surface area (Å²) in [5, 5.41) is 0. The van der Waals surface area contributed by atoms with Crippen molar-refractivity contribution in [2.24, 2.45) is 29.6 Å². The second-order valence-corrected chi connectivity index (χ2v) is 9.87. The summed E-state index contributed by atoms with van der Waals surface area (Å²) in [6.07, 6.45) is 5.46. The van der Waals surface area contributed by atoms with E-state index in [0.29, 0.717) is 5.92 Å². The number of alkyl halides is 2. The minimum absolute atomic E-state index is 0. The van der Waals surface area contributed by atoms with Crippen LogP contribution in [0.2, 0.25) is 0 Å². The Bertz CT molecular complexity index is 391. The first-order valence-electron chi connectivity index (χ1n) is 12.6. The van der Waals surface area contributed by atoms with Crippen LogP contribution >= 0.6 is 0 Å². The molecule has 0 aromatic carbocycles. The molecule has 0 spiro atoms. The van der Waals surface area contributed by atoms with Crippen molar-refractivity contribution < 1.29 is 19.0 Å². The van der Waals surface area contributed by atoms with Gasteiger partial charge in [0.05, 0.1) is 12.2 Å². The highest BCUT2D eigenvalue weighted by Gasteiger charge is 2.44. The van der Waals surface area contributed by atoms with Crippen LogP contribution in [0.25, 0.3) is 0 Å². The third-order valence-electron chi connectivity index (χ3n) is 6.86. The highest BCUT2D eigenvalue weighted by Crippen LogP contribution is 2.39. The lowest BCUT2D eigenvalue weighted by Gasteiger charge is -2.40. The number of halogens is 2. The molecule has 1 fully saturated rings. The fourth-order valence-electron chi connectivity index (χ4n) is 4.58. The van der Waals surface area contributed by atoms with Crippen molar-refractivity contribution in [3.8, 4) is 0 Å². The second-order valence-electron chi connectivity index (χ2n) is 9.87. The van der Waals surface area contributed by atoms with E-state index in [1.807, 2.05) is 34.6 Å². The maximum absolute atomic E-state index is 14.6. The fraction of sp³-hybridized carbons (Fsp3) is 1.00. The van der Waals surface area contributed by atoms with Gasteiger partial charge in [-0.15, -0.1) is 0 Å². The minimum atomic E-state index is -1.48. The molecule has 8 atom stereocenters. The number of ether oxygens (including phenoxy) is 1. The lowest BCUT2D eigenvalue weighted by molar-refractivity contribution is -0.122. The van der Waals surface area contributed by atoms with Gasteiger partial charge in [0.1, 0.15) is 6.17 Å². The maximum atomic E-state index is 14.6. The minimum Gasteiger partial charge on any atom is -0.412 e. The van der Waals surface area contributed by atoms with Crippen molar-refractivity contribution in [2.75, 3.05) is 0 Å².